The van der Waals surface area contributed by atoms with E-state index < -0.39 is 0 Å². The van der Waals surface area contributed by atoms with Crippen molar-refractivity contribution < 1.29 is 9.59 Å². The average Bonchev–Trinajstić information content (AvgIpc) is 2.38. The maximum absolute atomic E-state index is 12.0. The van der Waals surface area contributed by atoms with Crippen LogP contribution < -0.4 is 10.6 Å². The van der Waals surface area contributed by atoms with Crippen LogP contribution in [-0.4, -0.2) is 75.0 Å². The smallest absolute Gasteiger partial charge is 0.236 e. The zero-order valence-electron chi connectivity index (χ0n) is 11.5. The van der Waals surface area contributed by atoms with Gasteiger partial charge in [-0.3, -0.25) is 14.5 Å². The molecular weight excluding hydrogens is 232 g/mol. The summed E-state index contributed by atoms with van der Waals surface area (Å²) in [7, 11) is 3.50. The molecule has 18 heavy (non-hydrogen) atoms. The van der Waals surface area contributed by atoms with Gasteiger partial charge in [0.2, 0.25) is 11.8 Å². The third-order valence-corrected chi connectivity index (χ3v) is 3.15. The van der Waals surface area contributed by atoms with Crippen molar-refractivity contribution >= 4 is 11.8 Å². The van der Waals surface area contributed by atoms with Crippen LogP contribution >= 0.6 is 0 Å². The van der Waals surface area contributed by atoms with Crippen molar-refractivity contribution in [2.45, 2.75) is 6.92 Å². The van der Waals surface area contributed by atoms with Gasteiger partial charge in [-0.05, 0) is 7.05 Å². The number of nitrogens with zero attached hydrogens (tertiary/aromatic N) is 2. The van der Waals surface area contributed by atoms with Gasteiger partial charge in [0.1, 0.15) is 0 Å². The maximum Gasteiger partial charge on any atom is 0.236 e. The number of nitrogens with one attached hydrogen (secondary N) is 2. The topological polar surface area (TPSA) is 64.7 Å². The number of carbonyl (C=O) groups is 2. The molecule has 1 heterocycles. The normalized spacial score (nSPS) is 17.7. The highest BCUT2D eigenvalue weighted by Crippen LogP contribution is 2.00. The highest BCUT2D eigenvalue weighted by atomic mass is 16.2. The Morgan fingerprint density at radius 3 is 2.56 bits per heavy atom. The fourth-order valence-corrected chi connectivity index (χ4v) is 2.11. The van der Waals surface area contributed by atoms with Crippen molar-refractivity contribution in [3.63, 3.8) is 0 Å². The standard InChI is InChI=1S/C12H24N4O2/c1-10(12(18)13-2)8-15(3)9-11(17)16-6-4-14-5-7-16/h10,14H,4-9H2,1-3H3,(H,13,18). The average molecular weight is 256 g/mol. The summed E-state index contributed by atoms with van der Waals surface area (Å²) in [4.78, 5) is 27.2. The fourth-order valence-electron chi connectivity index (χ4n) is 2.11. The van der Waals surface area contributed by atoms with Gasteiger partial charge >= 0.3 is 0 Å². The first-order valence-corrected chi connectivity index (χ1v) is 6.43. The molecule has 2 N–H and O–H groups in total. The van der Waals surface area contributed by atoms with Gasteiger partial charge in [-0.25, -0.2) is 0 Å². The molecule has 0 bridgehead atoms. The third-order valence-electron chi connectivity index (χ3n) is 3.15. The van der Waals surface area contributed by atoms with Crippen LogP contribution in [-0.2, 0) is 9.59 Å². The lowest BCUT2D eigenvalue weighted by Crippen LogP contribution is -2.49. The molecule has 0 saturated carbocycles. The van der Waals surface area contributed by atoms with Crippen LogP contribution in [0, 0.1) is 5.92 Å². The van der Waals surface area contributed by atoms with Gasteiger partial charge in [0.05, 0.1) is 6.54 Å². The quantitative estimate of drug-likeness (QED) is 0.644. The van der Waals surface area contributed by atoms with Crippen molar-refractivity contribution in [1.29, 1.82) is 0 Å². The second-order valence-electron chi connectivity index (χ2n) is 4.84. The molecule has 6 heteroatoms. The Morgan fingerprint density at radius 2 is 2.00 bits per heavy atom. The van der Waals surface area contributed by atoms with E-state index in [0.29, 0.717) is 13.1 Å². The Kier molecular flexibility index (Phi) is 6.07. The summed E-state index contributed by atoms with van der Waals surface area (Å²) in [5.74, 6) is 0.0513. The van der Waals surface area contributed by atoms with E-state index in [-0.39, 0.29) is 17.7 Å². The van der Waals surface area contributed by atoms with Crippen LogP contribution in [0.2, 0.25) is 0 Å². The summed E-state index contributed by atoms with van der Waals surface area (Å²) in [5, 5.41) is 5.83. The molecule has 0 aromatic heterocycles. The van der Waals surface area contributed by atoms with Gasteiger partial charge in [0, 0.05) is 45.7 Å². The van der Waals surface area contributed by atoms with Gasteiger partial charge in [-0.1, -0.05) is 6.92 Å². The summed E-state index contributed by atoms with van der Waals surface area (Å²) < 4.78 is 0. The molecule has 0 spiro atoms. The lowest BCUT2D eigenvalue weighted by Gasteiger charge is -2.29. The molecule has 1 aliphatic rings. The summed E-state index contributed by atoms with van der Waals surface area (Å²) in [6.45, 7) is 6.12. The van der Waals surface area contributed by atoms with Gasteiger partial charge in [0.15, 0.2) is 0 Å². The molecule has 2 amide bonds. The van der Waals surface area contributed by atoms with E-state index in [9.17, 15) is 9.59 Å². The zero-order valence-corrected chi connectivity index (χ0v) is 11.5. The maximum atomic E-state index is 12.0. The van der Waals surface area contributed by atoms with Crippen molar-refractivity contribution in [3.8, 4) is 0 Å². The molecule has 1 rings (SSSR count). The molecule has 0 aliphatic carbocycles. The fraction of sp³-hybridized carbons (Fsp3) is 0.833. The summed E-state index contributed by atoms with van der Waals surface area (Å²) >= 11 is 0. The first-order chi connectivity index (χ1) is 8.54. The van der Waals surface area contributed by atoms with E-state index in [2.05, 4.69) is 10.6 Å². The molecule has 0 aromatic carbocycles. The van der Waals surface area contributed by atoms with E-state index >= 15 is 0 Å². The first kappa shape index (κ1) is 14.9. The minimum absolute atomic E-state index is 0.0106. The van der Waals surface area contributed by atoms with Crippen molar-refractivity contribution in [1.82, 2.24) is 20.4 Å². The predicted molar refractivity (Wildman–Crippen MR) is 70.2 cm³/mol. The number of rotatable bonds is 5. The second-order valence-corrected chi connectivity index (χ2v) is 4.84. The molecule has 1 aliphatic heterocycles. The minimum atomic E-state index is -0.101. The van der Waals surface area contributed by atoms with Gasteiger partial charge in [-0.15, -0.1) is 0 Å². The highest BCUT2D eigenvalue weighted by molar-refractivity contribution is 5.79. The Labute approximate surface area is 109 Å². The Hall–Kier alpha value is -1.14. The first-order valence-electron chi connectivity index (χ1n) is 6.43. The number of carbonyl (C=O) groups excluding carboxylic acids is 2. The largest absolute Gasteiger partial charge is 0.359 e. The number of amides is 2. The summed E-state index contributed by atoms with van der Waals surface area (Å²) in [6, 6.07) is 0. The van der Waals surface area contributed by atoms with Crippen LogP contribution in [0.3, 0.4) is 0 Å². The van der Waals surface area contributed by atoms with Crippen LogP contribution in [0.1, 0.15) is 6.92 Å². The number of likely N-dealkylation sites (N-methyl/N-ethyl adjacent to an activating group) is 1. The van der Waals surface area contributed by atoms with Crippen molar-refractivity contribution in [2.24, 2.45) is 5.92 Å². The number of hydrogen-bond donors (Lipinski definition) is 2. The van der Waals surface area contributed by atoms with E-state index in [1.54, 1.807) is 7.05 Å². The monoisotopic (exact) mass is 256 g/mol. The molecule has 0 aromatic rings. The Balaban J connectivity index is 2.32. The van der Waals surface area contributed by atoms with Crippen LogP contribution in [0.5, 0.6) is 0 Å². The summed E-state index contributed by atoms with van der Waals surface area (Å²) in [6.07, 6.45) is 0. The Morgan fingerprint density at radius 1 is 1.39 bits per heavy atom. The molecular formula is C12H24N4O2. The zero-order chi connectivity index (χ0) is 13.5. The van der Waals surface area contributed by atoms with Crippen LogP contribution in [0.25, 0.3) is 0 Å². The molecule has 1 unspecified atom stereocenters. The van der Waals surface area contributed by atoms with E-state index in [1.807, 2.05) is 23.8 Å². The summed E-state index contributed by atoms with van der Waals surface area (Å²) in [5.41, 5.74) is 0. The lowest BCUT2D eigenvalue weighted by atomic mass is 10.1. The Bertz CT molecular complexity index is 290. The van der Waals surface area contributed by atoms with Gasteiger partial charge in [0.25, 0.3) is 0 Å². The molecule has 6 nitrogen and oxygen atoms in total. The molecule has 0 radical (unpaired) electrons. The highest BCUT2D eigenvalue weighted by Gasteiger charge is 2.19. The molecule has 1 fully saturated rings. The SMILES string of the molecule is CNC(=O)C(C)CN(C)CC(=O)N1CCNCC1. The van der Waals surface area contributed by atoms with Crippen molar-refractivity contribution in [2.75, 3.05) is 53.4 Å². The van der Waals surface area contributed by atoms with Gasteiger partial charge in [-0.2, -0.15) is 0 Å². The molecule has 104 valence electrons. The lowest BCUT2D eigenvalue weighted by molar-refractivity contribution is -0.133. The van der Waals surface area contributed by atoms with E-state index in [1.165, 1.54) is 0 Å². The minimum Gasteiger partial charge on any atom is -0.359 e. The third kappa shape index (κ3) is 4.62. The van der Waals surface area contributed by atoms with E-state index in [0.717, 1.165) is 26.2 Å². The second kappa shape index (κ2) is 7.33. The number of piperazine rings is 1. The van der Waals surface area contributed by atoms with Crippen molar-refractivity contribution in [3.05, 3.63) is 0 Å². The van der Waals surface area contributed by atoms with Gasteiger partial charge < -0.3 is 15.5 Å². The van der Waals surface area contributed by atoms with Crippen LogP contribution in [0.15, 0.2) is 0 Å². The molecule has 1 atom stereocenters. The van der Waals surface area contributed by atoms with E-state index in [4.69, 9.17) is 0 Å². The van der Waals surface area contributed by atoms with Crippen LogP contribution in [0.4, 0.5) is 0 Å². The predicted octanol–water partition coefficient (Wildman–Crippen LogP) is -1.27. The number of hydrogen-bond acceptors (Lipinski definition) is 4. The molecule has 1 saturated heterocycles.